The largest absolute Gasteiger partial charge is 0.135 e. The fraction of sp³-hybridized carbons (Fsp3) is 1.00. The second kappa shape index (κ2) is 2.87. The first-order valence-corrected chi connectivity index (χ1v) is 3.63. The van der Waals surface area contributed by atoms with E-state index in [-0.39, 0.29) is 5.31 Å². The maximum absolute atomic E-state index is 5.72. The van der Waals surface area contributed by atoms with E-state index in [1.54, 1.807) is 0 Å². The molecule has 0 aliphatic heterocycles. The van der Waals surface area contributed by atoms with Gasteiger partial charge in [0.2, 0.25) is 0 Å². The Kier molecular flexibility index (Phi) is 3.05. The Hall–Kier alpha value is 0.495. The van der Waals surface area contributed by atoms with Crippen molar-refractivity contribution in [2.45, 2.75) is 38.2 Å². The molecular weight excluding hydrogens is 114 g/mol. The van der Waals surface area contributed by atoms with Crippen molar-refractivity contribution in [3.63, 3.8) is 0 Å². The molecular formula is C6H14BP. The van der Waals surface area contributed by atoms with Crippen LogP contribution < -0.4 is 0 Å². The predicted molar refractivity (Wildman–Crippen MR) is 43.6 cm³/mol. The SMILES string of the molecule is [B]C(C)(C)CC(C)P. The van der Waals surface area contributed by atoms with Gasteiger partial charge in [-0.05, 0) is 12.1 Å². The van der Waals surface area contributed by atoms with Gasteiger partial charge < -0.3 is 0 Å². The third-order valence-corrected chi connectivity index (χ3v) is 1.08. The molecule has 0 bridgehead atoms. The second-order valence-corrected chi connectivity index (χ2v) is 4.31. The molecule has 0 saturated carbocycles. The van der Waals surface area contributed by atoms with Crippen LogP contribution in [0.4, 0.5) is 0 Å². The maximum Gasteiger partial charge on any atom is 0.0739 e. The molecule has 0 spiro atoms. The molecule has 0 nitrogen and oxygen atoms in total. The number of hydrogen-bond donors (Lipinski definition) is 0. The molecule has 0 heterocycles. The smallest absolute Gasteiger partial charge is 0.0739 e. The van der Waals surface area contributed by atoms with E-state index in [0.717, 1.165) is 6.42 Å². The van der Waals surface area contributed by atoms with Crippen LogP contribution in [0.3, 0.4) is 0 Å². The Labute approximate surface area is 56.0 Å². The molecule has 0 fully saturated rings. The van der Waals surface area contributed by atoms with Crippen molar-refractivity contribution in [1.29, 1.82) is 0 Å². The van der Waals surface area contributed by atoms with Crippen molar-refractivity contribution < 1.29 is 0 Å². The highest BCUT2D eigenvalue weighted by Gasteiger charge is 2.10. The lowest BCUT2D eigenvalue weighted by molar-refractivity contribution is 0.610. The zero-order valence-corrected chi connectivity index (χ0v) is 7.09. The second-order valence-electron chi connectivity index (χ2n) is 3.17. The third kappa shape index (κ3) is 6.49. The van der Waals surface area contributed by atoms with E-state index < -0.39 is 0 Å². The van der Waals surface area contributed by atoms with Crippen LogP contribution in [0, 0.1) is 0 Å². The zero-order valence-electron chi connectivity index (χ0n) is 5.94. The highest BCUT2D eigenvalue weighted by atomic mass is 31.0. The highest BCUT2D eigenvalue weighted by molar-refractivity contribution is 7.17. The molecule has 2 radical (unpaired) electrons. The Bertz CT molecular complexity index is 63.4. The Morgan fingerprint density at radius 1 is 1.62 bits per heavy atom. The normalized spacial score (nSPS) is 16.0. The number of hydrogen-bond acceptors (Lipinski definition) is 0. The average molecular weight is 128 g/mol. The molecule has 0 aromatic carbocycles. The molecule has 0 saturated heterocycles. The van der Waals surface area contributed by atoms with Crippen molar-refractivity contribution in [1.82, 2.24) is 0 Å². The fourth-order valence-corrected chi connectivity index (χ4v) is 1.44. The Morgan fingerprint density at radius 3 is 2.00 bits per heavy atom. The standard InChI is InChI=1S/C6H14BP/c1-5(8)4-6(2,3)7/h5H,4,8H2,1-3H3. The fourth-order valence-electron chi connectivity index (χ4n) is 0.830. The van der Waals surface area contributed by atoms with Crippen LogP contribution in [0.5, 0.6) is 0 Å². The van der Waals surface area contributed by atoms with Crippen LogP contribution in [-0.4, -0.2) is 13.5 Å². The topological polar surface area (TPSA) is 0 Å². The van der Waals surface area contributed by atoms with E-state index >= 15 is 0 Å². The molecule has 0 aromatic rings. The van der Waals surface area contributed by atoms with Gasteiger partial charge in [-0.2, -0.15) is 0 Å². The van der Waals surface area contributed by atoms with Crippen LogP contribution in [-0.2, 0) is 0 Å². The summed E-state index contributed by atoms with van der Waals surface area (Å²) in [5, 5.41) is 0.00116. The minimum Gasteiger partial charge on any atom is -0.135 e. The van der Waals surface area contributed by atoms with Crippen molar-refractivity contribution >= 4 is 17.1 Å². The van der Waals surface area contributed by atoms with E-state index in [2.05, 4.69) is 16.2 Å². The number of rotatable bonds is 2. The van der Waals surface area contributed by atoms with Crippen LogP contribution >= 0.6 is 9.24 Å². The summed E-state index contributed by atoms with van der Waals surface area (Å²) in [7, 11) is 8.46. The quantitative estimate of drug-likeness (QED) is 0.394. The van der Waals surface area contributed by atoms with Gasteiger partial charge in [-0.25, -0.2) is 0 Å². The molecule has 0 rings (SSSR count). The molecule has 0 amide bonds. The summed E-state index contributed by atoms with van der Waals surface area (Å²) >= 11 is 0. The summed E-state index contributed by atoms with van der Waals surface area (Å²) in [6.45, 7) is 6.25. The van der Waals surface area contributed by atoms with Gasteiger partial charge in [0.1, 0.15) is 0 Å². The molecule has 0 aliphatic carbocycles. The van der Waals surface area contributed by atoms with Gasteiger partial charge in [0.15, 0.2) is 0 Å². The van der Waals surface area contributed by atoms with E-state index in [0.29, 0.717) is 5.66 Å². The first-order chi connectivity index (χ1) is 3.42. The van der Waals surface area contributed by atoms with Gasteiger partial charge in [0.05, 0.1) is 7.85 Å². The van der Waals surface area contributed by atoms with E-state index in [1.165, 1.54) is 0 Å². The van der Waals surface area contributed by atoms with E-state index in [9.17, 15) is 0 Å². The summed E-state index contributed by atoms with van der Waals surface area (Å²) in [6.07, 6.45) is 1.07. The summed E-state index contributed by atoms with van der Waals surface area (Å²) < 4.78 is 0. The van der Waals surface area contributed by atoms with Crippen LogP contribution in [0.25, 0.3) is 0 Å². The maximum atomic E-state index is 5.72. The summed E-state index contributed by atoms with van der Waals surface area (Å²) in [5.74, 6) is 0. The third-order valence-electron chi connectivity index (χ3n) is 0.848. The molecule has 2 atom stereocenters. The first-order valence-electron chi connectivity index (χ1n) is 2.96. The van der Waals surface area contributed by atoms with Crippen LogP contribution in [0.1, 0.15) is 27.2 Å². The first kappa shape index (κ1) is 8.49. The molecule has 0 aliphatic rings. The van der Waals surface area contributed by atoms with Gasteiger partial charge in [-0.3, -0.25) is 0 Å². The molecule has 46 valence electrons. The monoisotopic (exact) mass is 128 g/mol. The van der Waals surface area contributed by atoms with Gasteiger partial charge in [-0.1, -0.05) is 26.1 Å². The average Bonchev–Trinajstić information content (AvgIpc) is 1.21. The molecule has 8 heavy (non-hydrogen) atoms. The van der Waals surface area contributed by atoms with Gasteiger partial charge in [0.25, 0.3) is 0 Å². The highest BCUT2D eigenvalue weighted by Crippen LogP contribution is 2.27. The Balaban J connectivity index is 3.39. The van der Waals surface area contributed by atoms with Crippen molar-refractivity contribution in [3.05, 3.63) is 0 Å². The van der Waals surface area contributed by atoms with Crippen molar-refractivity contribution in [3.8, 4) is 0 Å². The summed E-state index contributed by atoms with van der Waals surface area (Å²) in [5.41, 5.74) is 0.634. The molecule has 0 aromatic heterocycles. The minimum absolute atomic E-state index is 0.00116. The Morgan fingerprint density at radius 2 is 2.00 bits per heavy atom. The molecule has 2 heteroatoms. The lowest BCUT2D eigenvalue weighted by Gasteiger charge is -2.20. The van der Waals surface area contributed by atoms with E-state index in [1.807, 2.05) is 13.8 Å². The lowest BCUT2D eigenvalue weighted by atomic mass is 9.69. The minimum atomic E-state index is 0.00116. The van der Waals surface area contributed by atoms with Crippen molar-refractivity contribution in [2.75, 3.05) is 0 Å². The summed E-state index contributed by atoms with van der Waals surface area (Å²) in [6, 6.07) is 0. The van der Waals surface area contributed by atoms with Gasteiger partial charge in [0, 0.05) is 0 Å². The van der Waals surface area contributed by atoms with E-state index in [4.69, 9.17) is 7.85 Å². The van der Waals surface area contributed by atoms with Crippen LogP contribution in [0.2, 0.25) is 5.31 Å². The van der Waals surface area contributed by atoms with Crippen molar-refractivity contribution in [2.24, 2.45) is 0 Å². The molecule has 0 N–H and O–H groups in total. The van der Waals surface area contributed by atoms with Gasteiger partial charge in [-0.15, -0.1) is 9.24 Å². The zero-order chi connectivity index (χ0) is 6.78. The summed E-state index contributed by atoms with van der Waals surface area (Å²) in [4.78, 5) is 0. The van der Waals surface area contributed by atoms with Crippen LogP contribution in [0.15, 0.2) is 0 Å². The predicted octanol–water partition coefficient (Wildman–Crippen LogP) is 2.01. The lowest BCUT2D eigenvalue weighted by Crippen LogP contribution is -2.07. The van der Waals surface area contributed by atoms with Gasteiger partial charge >= 0.3 is 0 Å². The molecule has 2 unspecified atom stereocenters.